The predicted molar refractivity (Wildman–Crippen MR) is 112 cm³/mol. The third-order valence-electron chi connectivity index (χ3n) is 4.00. The van der Waals surface area contributed by atoms with E-state index in [1.165, 1.54) is 12.1 Å². The Morgan fingerprint density at radius 1 is 1.26 bits per heavy atom. The molecule has 0 bridgehead atoms. The summed E-state index contributed by atoms with van der Waals surface area (Å²) in [6, 6.07) is 10.3. The molecule has 3 rings (SSSR count). The number of carbonyl (C=O) groups is 1. The van der Waals surface area contributed by atoms with Crippen molar-refractivity contribution in [3.8, 4) is 5.75 Å². The van der Waals surface area contributed by atoms with Gasteiger partial charge in [-0.05, 0) is 38.1 Å². The molecule has 2 aromatic carbocycles. The highest BCUT2D eigenvalue weighted by molar-refractivity contribution is 5.82. The van der Waals surface area contributed by atoms with E-state index in [0.29, 0.717) is 10.2 Å². The van der Waals surface area contributed by atoms with Crippen LogP contribution in [-0.4, -0.2) is 39.5 Å². The van der Waals surface area contributed by atoms with Crippen LogP contribution in [0.1, 0.15) is 19.4 Å². The smallest absolute Gasteiger partial charge is 0.349 e. The van der Waals surface area contributed by atoms with Crippen molar-refractivity contribution in [2.24, 2.45) is 5.10 Å². The van der Waals surface area contributed by atoms with Crippen LogP contribution < -0.4 is 16.0 Å². The fourth-order valence-corrected chi connectivity index (χ4v) is 2.70. The second kappa shape index (κ2) is 9.03. The maximum Gasteiger partial charge on any atom is 0.349 e. The quantitative estimate of drug-likeness (QED) is 0.262. The van der Waals surface area contributed by atoms with Crippen LogP contribution in [0.2, 0.25) is 0 Å². The number of hydrogen-bond donors (Lipinski definition) is 1. The van der Waals surface area contributed by atoms with Crippen LogP contribution in [0.3, 0.4) is 0 Å². The highest BCUT2D eigenvalue weighted by Crippen LogP contribution is 2.27. The molecule has 0 saturated carbocycles. The molecule has 0 aliphatic carbocycles. The van der Waals surface area contributed by atoms with Crippen LogP contribution in [0.4, 0.5) is 5.69 Å². The number of aromatic nitrogens is 2. The molecule has 0 amide bonds. The summed E-state index contributed by atoms with van der Waals surface area (Å²) in [6.07, 6.45) is 0.793. The number of nitro benzene ring substituents is 1. The average molecular weight is 426 g/mol. The number of nitrogens with zero attached hydrogens (tertiary/aromatic N) is 3. The standard InChI is InChI=1S/C20H18N4O7/c1-12(2)31-18(25)11-30-17-8-7-13(9-16(17)24(28)29)10-21-23-19(26)14-5-3-4-6-15(14)22-20(23)27/h3-10,12H,11H2,1-2H3,(H,22,27). The van der Waals surface area contributed by atoms with Gasteiger partial charge in [-0.2, -0.15) is 5.10 Å². The molecule has 0 saturated heterocycles. The lowest BCUT2D eigenvalue weighted by Crippen LogP contribution is -2.32. The van der Waals surface area contributed by atoms with Gasteiger partial charge in [0.25, 0.3) is 5.56 Å². The van der Waals surface area contributed by atoms with Gasteiger partial charge in [-0.15, -0.1) is 4.68 Å². The predicted octanol–water partition coefficient (Wildman–Crippen LogP) is 1.81. The Morgan fingerprint density at radius 2 is 2.00 bits per heavy atom. The lowest BCUT2D eigenvalue weighted by molar-refractivity contribution is -0.385. The van der Waals surface area contributed by atoms with Gasteiger partial charge in [0.2, 0.25) is 0 Å². The van der Waals surface area contributed by atoms with Gasteiger partial charge in [-0.1, -0.05) is 12.1 Å². The molecule has 160 valence electrons. The van der Waals surface area contributed by atoms with Gasteiger partial charge in [0.15, 0.2) is 12.4 Å². The minimum atomic E-state index is -0.752. The Labute approximate surface area is 174 Å². The lowest BCUT2D eigenvalue weighted by atomic mass is 10.2. The van der Waals surface area contributed by atoms with E-state index in [1.807, 2.05) is 0 Å². The second-order valence-corrected chi connectivity index (χ2v) is 6.65. The zero-order valence-electron chi connectivity index (χ0n) is 16.6. The molecule has 0 fully saturated rings. The van der Waals surface area contributed by atoms with Gasteiger partial charge in [0.05, 0.1) is 28.1 Å². The molecule has 0 spiro atoms. The fourth-order valence-electron chi connectivity index (χ4n) is 2.70. The molecule has 11 nitrogen and oxygen atoms in total. The Hall–Kier alpha value is -4.28. The highest BCUT2D eigenvalue weighted by Gasteiger charge is 2.18. The summed E-state index contributed by atoms with van der Waals surface area (Å²) in [5.41, 5.74) is -1.19. The summed E-state index contributed by atoms with van der Waals surface area (Å²) in [4.78, 5) is 49.5. The molecule has 3 aromatic rings. The van der Waals surface area contributed by atoms with Crippen molar-refractivity contribution in [3.63, 3.8) is 0 Å². The van der Waals surface area contributed by atoms with Gasteiger partial charge in [0, 0.05) is 11.6 Å². The van der Waals surface area contributed by atoms with Crippen molar-refractivity contribution in [2.45, 2.75) is 20.0 Å². The van der Waals surface area contributed by atoms with Crippen molar-refractivity contribution in [2.75, 3.05) is 6.61 Å². The average Bonchev–Trinajstić information content (AvgIpc) is 2.71. The van der Waals surface area contributed by atoms with Crippen LogP contribution in [0.15, 0.2) is 57.2 Å². The van der Waals surface area contributed by atoms with Crippen molar-refractivity contribution < 1.29 is 19.2 Å². The fraction of sp³-hybridized carbons (Fsp3) is 0.200. The molecule has 0 atom stereocenters. The number of para-hydroxylation sites is 1. The first-order valence-corrected chi connectivity index (χ1v) is 9.15. The zero-order valence-corrected chi connectivity index (χ0v) is 16.6. The van der Waals surface area contributed by atoms with Crippen molar-refractivity contribution in [3.05, 3.63) is 79.0 Å². The van der Waals surface area contributed by atoms with E-state index in [4.69, 9.17) is 9.47 Å². The normalized spacial score (nSPS) is 11.2. The molecule has 11 heteroatoms. The summed E-state index contributed by atoms with van der Waals surface area (Å²) in [5.74, 6) is -0.798. The molecule has 1 N–H and O–H groups in total. The van der Waals surface area contributed by atoms with Crippen LogP contribution in [0, 0.1) is 10.1 Å². The van der Waals surface area contributed by atoms with Gasteiger partial charge in [-0.25, -0.2) is 9.59 Å². The maximum atomic E-state index is 12.5. The summed E-state index contributed by atoms with van der Waals surface area (Å²) in [7, 11) is 0. The number of esters is 1. The maximum absolute atomic E-state index is 12.5. The Bertz CT molecular complexity index is 1290. The number of nitrogens with one attached hydrogen (secondary N) is 1. The number of ether oxygens (including phenoxy) is 2. The summed E-state index contributed by atoms with van der Waals surface area (Å²) < 4.78 is 10.7. The molecular weight excluding hydrogens is 408 g/mol. The molecule has 1 aromatic heterocycles. The first-order valence-electron chi connectivity index (χ1n) is 9.15. The second-order valence-electron chi connectivity index (χ2n) is 6.65. The number of aromatic amines is 1. The highest BCUT2D eigenvalue weighted by atomic mass is 16.6. The number of rotatable bonds is 7. The molecule has 1 heterocycles. The van der Waals surface area contributed by atoms with Gasteiger partial charge in [0.1, 0.15) is 0 Å². The lowest BCUT2D eigenvalue weighted by Gasteiger charge is -2.09. The van der Waals surface area contributed by atoms with Crippen LogP contribution in [0.5, 0.6) is 5.75 Å². The third kappa shape index (κ3) is 5.01. The first-order chi connectivity index (χ1) is 14.8. The first kappa shape index (κ1) is 21.4. The molecular formula is C20H18N4O7. The summed E-state index contributed by atoms with van der Waals surface area (Å²) in [6.45, 7) is 2.84. The molecule has 0 unspecified atom stereocenters. The van der Waals surface area contributed by atoms with E-state index < -0.39 is 34.4 Å². The number of carbonyl (C=O) groups excluding carboxylic acids is 1. The largest absolute Gasteiger partial charge is 0.475 e. The Kier molecular flexibility index (Phi) is 6.24. The van der Waals surface area contributed by atoms with Crippen LogP contribution >= 0.6 is 0 Å². The van der Waals surface area contributed by atoms with Crippen molar-refractivity contribution >= 4 is 28.8 Å². The minimum absolute atomic E-state index is 0.136. The van der Waals surface area contributed by atoms with Crippen LogP contribution in [0.25, 0.3) is 10.9 Å². The SMILES string of the molecule is CC(C)OC(=O)COc1ccc(C=Nn2c(=O)[nH]c3ccccc3c2=O)cc1[N+](=O)[O-]. The van der Waals surface area contributed by atoms with E-state index >= 15 is 0 Å². The topological polar surface area (TPSA) is 146 Å². The van der Waals surface area contributed by atoms with E-state index in [9.17, 15) is 24.5 Å². The minimum Gasteiger partial charge on any atom is -0.475 e. The van der Waals surface area contributed by atoms with Gasteiger partial charge >= 0.3 is 17.3 Å². The van der Waals surface area contributed by atoms with E-state index in [-0.39, 0.29) is 22.8 Å². The van der Waals surface area contributed by atoms with Gasteiger partial charge < -0.3 is 14.5 Å². The number of H-pyrrole nitrogens is 1. The number of nitro groups is 1. The third-order valence-corrected chi connectivity index (χ3v) is 4.00. The monoisotopic (exact) mass is 426 g/mol. The molecule has 0 aliphatic heterocycles. The van der Waals surface area contributed by atoms with E-state index in [2.05, 4.69) is 10.1 Å². The number of fused-ring (bicyclic) bond motifs is 1. The molecule has 0 radical (unpaired) electrons. The zero-order chi connectivity index (χ0) is 22.5. The van der Waals surface area contributed by atoms with Crippen molar-refractivity contribution in [1.29, 1.82) is 0 Å². The summed E-state index contributed by atoms with van der Waals surface area (Å²) in [5, 5.41) is 15.5. The molecule has 0 aliphatic rings. The van der Waals surface area contributed by atoms with E-state index in [1.54, 1.807) is 38.1 Å². The van der Waals surface area contributed by atoms with E-state index in [0.717, 1.165) is 12.3 Å². The van der Waals surface area contributed by atoms with Crippen LogP contribution in [-0.2, 0) is 9.53 Å². The number of hydrogen-bond acceptors (Lipinski definition) is 8. The molecule has 31 heavy (non-hydrogen) atoms. The van der Waals surface area contributed by atoms with Crippen molar-refractivity contribution in [1.82, 2.24) is 9.66 Å². The van der Waals surface area contributed by atoms with Gasteiger partial charge in [-0.3, -0.25) is 14.9 Å². The Balaban J connectivity index is 1.88. The summed E-state index contributed by atoms with van der Waals surface area (Å²) >= 11 is 0. The number of benzene rings is 2. The Morgan fingerprint density at radius 3 is 2.71 bits per heavy atom.